The fourth-order valence-electron chi connectivity index (χ4n) is 3.61. The van der Waals surface area contributed by atoms with Gasteiger partial charge in [0.05, 0.1) is 17.4 Å². The lowest BCUT2D eigenvalue weighted by Gasteiger charge is -2.09. The van der Waals surface area contributed by atoms with E-state index in [0.29, 0.717) is 12.8 Å². The highest BCUT2D eigenvalue weighted by Gasteiger charge is 2.06. The molecular formula is C26H24N2O. The van der Waals surface area contributed by atoms with Crippen LogP contribution < -0.4 is 5.32 Å². The van der Waals surface area contributed by atoms with Crippen molar-refractivity contribution in [1.29, 1.82) is 0 Å². The van der Waals surface area contributed by atoms with Crippen molar-refractivity contribution in [1.82, 2.24) is 4.98 Å². The van der Waals surface area contributed by atoms with Crippen LogP contribution in [0.5, 0.6) is 0 Å². The molecule has 29 heavy (non-hydrogen) atoms. The Labute approximate surface area is 171 Å². The van der Waals surface area contributed by atoms with E-state index in [1.165, 1.54) is 22.3 Å². The van der Waals surface area contributed by atoms with E-state index in [1.807, 2.05) is 30.3 Å². The van der Waals surface area contributed by atoms with Gasteiger partial charge in [-0.25, -0.2) is 0 Å². The Morgan fingerprint density at radius 1 is 0.931 bits per heavy atom. The summed E-state index contributed by atoms with van der Waals surface area (Å²) < 4.78 is 0. The molecule has 4 rings (SSSR count). The number of benzene rings is 3. The lowest BCUT2D eigenvalue weighted by atomic mass is 9.97. The van der Waals surface area contributed by atoms with Gasteiger partial charge in [0.15, 0.2) is 0 Å². The van der Waals surface area contributed by atoms with Gasteiger partial charge in [0, 0.05) is 11.8 Å². The monoisotopic (exact) mass is 380 g/mol. The van der Waals surface area contributed by atoms with Crippen molar-refractivity contribution in [3.63, 3.8) is 0 Å². The van der Waals surface area contributed by atoms with Crippen molar-refractivity contribution in [2.24, 2.45) is 0 Å². The maximum absolute atomic E-state index is 12.3. The molecule has 0 bridgehead atoms. The molecule has 0 fully saturated rings. The largest absolute Gasteiger partial charge is 0.325 e. The van der Waals surface area contributed by atoms with Crippen molar-refractivity contribution in [3.05, 3.63) is 95.7 Å². The Morgan fingerprint density at radius 3 is 2.52 bits per heavy atom. The average molecular weight is 380 g/mol. The zero-order valence-corrected chi connectivity index (χ0v) is 16.8. The van der Waals surface area contributed by atoms with Crippen LogP contribution in [0.25, 0.3) is 22.0 Å². The second-order valence-electron chi connectivity index (χ2n) is 7.48. The molecular weight excluding hydrogens is 356 g/mol. The van der Waals surface area contributed by atoms with Crippen LogP contribution in [0, 0.1) is 13.8 Å². The first-order valence-corrected chi connectivity index (χ1v) is 9.90. The fourth-order valence-corrected chi connectivity index (χ4v) is 3.61. The molecule has 0 radical (unpaired) electrons. The number of amides is 1. The number of hydrogen-bond acceptors (Lipinski definition) is 2. The lowest BCUT2D eigenvalue weighted by molar-refractivity contribution is -0.116. The first-order chi connectivity index (χ1) is 14.1. The number of pyridine rings is 1. The van der Waals surface area contributed by atoms with Crippen LogP contribution >= 0.6 is 0 Å². The summed E-state index contributed by atoms with van der Waals surface area (Å²) in [5.74, 6) is 0.000497. The second-order valence-corrected chi connectivity index (χ2v) is 7.48. The number of anilines is 1. The Bertz CT molecular complexity index is 1160. The van der Waals surface area contributed by atoms with E-state index in [9.17, 15) is 4.79 Å². The van der Waals surface area contributed by atoms with Crippen molar-refractivity contribution >= 4 is 22.5 Å². The van der Waals surface area contributed by atoms with Crippen LogP contribution in [0.15, 0.2) is 79.0 Å². The minimum atomic E-state index is 0.000497. The molecule has 0 aliphatic rings. The van der Waals surface area contributed by atoms with Gasteiger partial charge in [-0.2, -0.15) is 0 Å². The standard InChI is InChI=1S/C26H24N2O/c1-18-7-13-24(19(2)15-18)21-11-8-20(9-12-21)10-14-26(29)28-23-16-22-5-3-4-6-25(22)27-17-23/h3-9,11-13,15-17H,10,14H2,1-2H3,(H,28,29). The number of aryl methyl sites for hydroxylation is 3. The van der Waals surface area contributed by atoms with E-state index in [2.05, 4.69) is 66.6 Å². The lowest BCUT2D eigenvalue weighted by Crippen LogP contribution is -2.12. The summed E-state index contributed by atoms with van der Waals surface area (Å²) in [5, 5.41) is 3.97. The highest BCUT2D eigenvalue weighted by molar-refractivity contribution is 5.93. The molecule has 0 spiro atoms. The minimum absolute atomic E-state index is 0.000497. The third-order valence-corrected chi connectivity index (χ3v) is 5.16. The highest BCUT2D eigenvalue weighted by atomic mass is 16.1. The predicted octanol–water partition coefficient (Wildman–Crippen LogP) is 6.09. The van der Waals surface area contributed by atoms with E-state index in [1.54, 1.807) is 6.20 Å². The third kappa shape index (κ3) is 4.52. The van der Waals surface area contributed by atoms with Gasteiger partial charge in [-0.3, -0.25) is 9.78 Å². The number of carbonyl (C=O) groups is 1. The van der Waals surface area contributed by atoms with Gasteiger partial charge in [-0.1, -0.05) is 66.2 Å². The molecule has 3 heteroatoms. The van der Waals surface area contributed by atoms with E-state index >= 15 is 0 Å². The first kappa shape index (κ1) is 18.9. The quantitative estimate of drug-likeness (QED) is 0.455. The molecule has 4 aromatic rings. The molecule has 0 atom stereocenters. The van der Waals surface area contributed by atoms with E-state index in [-0.39, 0.29) is 5.91 Å². The van der Waals surface area contributed by atoms with E-state index in [0.717, 1.165) is 22.2 Å². The molecule has 144 valence electrons. The number of nitrogens with one attached hydrogen (secondary N) is 1. The fraction of sp³-hybridized carbons (Fsp3) is 0.154. The Balaban J connectivity index is 1.37. The van der Waals surface area contributed by atoms with Crippen LogP contribution in [0.2, 0.25) is 0 Å². The Kier molecular flexibility index (Phi) is 5.39. The van der Waals surface area contributed by atoms with Gasteiger partial charge < -0.3 is 5.32 Å². The van der Waals surface area contributed by atoms with Gasteiger partial charge in [0.25, 0.3) is 0 Å². The Hall–Kier alpha value is -3.46. The number of hydrogen-bond donors (Lipinski definition) is 1. The van der Waals surface area contributed by atoms with Crippen molar-refractivity contribution < 1.29 is 4.79 Å². The van der Waals surface area contributed by atoms with Crippen LogP contribution in [0.1, 0.15) is 23.1 Å². The maximum Gasteiger partial charge on any atom is 0.224 e. The van der Waals surface area contributed by atoms with Crippen LogP contribution in [0.3, 0.4) is 0 Å². The zero-order chi connectivity index (χ0) is 20.2. The van der Waals surface area contributed by atoms with E-state index < -0.39 is 0 Å². The average Bonchev–Trinajstić information content (AvgIpc) is 2.73. The molecule has 0 saturated heterocycles. The van der Waals surface area contributed by atoms with Crippen LogP contribution in [0.4, 0.5) is 5.69 Å². The summed E-state index contributed by atoms with van der Waals surface area (Å²) in [7, 11) is 0. The normalized spacial score (nSPS) is 10.8. The van der Waals surface area contributed by atoms with Crippen molar-refractivity contribution in [2.45, 2.75) is 26.7 Å². The van der Waals surface area contributed by atoms with E-state index in [4.69, 9.17) is 0 Å². The molecule has 0 aliphatic heterocycles. The number of fused-ring (bicyclic) bond motifs is 1. The molecule has 1 heterocycles. The van der Waals surface area contributed by atoms with Gasteiger partial charge in [-0.15, -0.1) is 0 Å². The third-order valence-electron chi connectivity index (χ3n) is 5.16. The number of aromatic nitrogens is 1. The topological polar surface area (TPSA) is 42.0 Å². The second kappa shape index (κ2) is 8.27. The number of rotatable bonds is 5. The summed E-state index contributed by atoms with van der Waals surface area (Å²) in [6.07, 6.45) is 2.86. The molecule has 0 aliphatic carbocycles. The Morgan fingerprint density at radius 2 is 1.72 bits per heavy atom. The van der Waals surface area contributed by atoms with Gasteiger partial charge in [-0.05, 0) is 54.7 Å². The van der Waals surface area contributed by atoms with Crippen LogP contribution in [-0.4, -0.2) is 10.9 Å². The smallest absolute Gasteiger partial charge is 0.224 e. The minimum Gasteiger partial charge on any atom is -0.325 e. The first-order valence-electron chi connectivity index (χ1n) is 9.90. The molecule has 1 aromatic heterocycles. The number of nitrogens with zero attached hydrogens (tertiary/aromatic N) is 1. The molecule has 0 saturated carbocycles. The number of para-hydroxylation sites is 1. The summed E-state index contributed by atoms with van der Waals surface area (Å²) in [6, 6.07) is 24.9. The van der Waals surface area contributed by atoms with Gasteiger partial charge in [0.1, 0.15) is 0 Å². The SMILES string of the molecule is Cc1ccc(-c2ccc(CCC(=O)Nc3cnc4ccccc4c3)cc2)c(C)c1. The summed E-state index contributed by atoms with van der Waals surface area (Å²) in [5.41, 5.74) is 7.83. The van der Waals surface area contributed by atoms with Crippen LogP contribution in [-0.2, 0) is 11.2 Å². The molecule has 1 N–H and O–H groups in total. The molecule has 3 nitrogen and oxygen atoms in total. The zero-order valence-electron chi connectivity index (χ0n) is 16.8. The van der Waals surface area contributed by atoms with Gasteiger partial charge >= 0.3 is 0 Å². The molecule has 3 aromatic carbocycles. The maximum atomic E-state index is 12.3. The molecule has 0 unspecified atom stereocenters. The highest BCUT2D eigenvalue weighted by Crippen LogP contribution is 2.25. The summed E-state index contributed by atoms with van der Waals surface area (Å²) >= 11 is 0. The summed E-state index contributed by atoms with van der Waals surface area (Å²) in [4.78, 5) is 16.7. The van der Waals surface area contributed by atoms with Crippen molar-refractivity contribution in [3.8, 4) is 11.1 Å². The van der Waals surface area contributed by atoms with Crippen molar-refractivity contribution in [2.75, 3.05) is 5.32 Å². The summed E-state index contributed by atoms with van der Waals surface area (Å²) in [6.45, 7) is 4.25. The molecule has 1 amide bonds. The van der Waals surface area contributed by atoms with Gasteiger partial charge in [0.2, 0.25) is 5.91 Å². The predicted molar refractivity (Wildman–Crippen MR) is 120 cm³/mol. The number of carbonyl (C=O) groups excluding carboxylic acids is 1.